The molecule has 0 aromatic heterocycles. The summed E-state index contributed by atoms with van der Waals surface area (Å²) in [6, 6.07) is 2.09. The Bertz CT molecular complexity index is 641. The van der Waals surface area contributed by atoms with Crippen molar-refractivity contribution in [3.05, 3.63) is 29.1 Å². The summed E-state index contributed by atoms with van der Waals surface area (Å²) in [6.45, 7) is 6.82. The molecule has 0 saturated heterocycles. The van der Waals surface area contributed by atoms with E-state index in [1.807, 2.05) is 20.8 Å². The molecule has 1 N–H and O–H groups in total. The van der Waals surface area contributed by atoms with Gasteiger partial charge in [0.25, 0.3) is 15.0 Å². The minimum atomic E-state index is -4.11. The van der Waals surface area contributed by atoms with Gasteiger partial charge in [-0.25, -0.2) is 12.8 Å². The van der Waals surface area contributed by atoms with Crippen LogP contribution in [0.4, 0.5) is 4.39 Å². The molecule has 0 heterocycles. The largest absolute Gasteiger partial charge is 0.347 e. The maximum atomic E-state index is 13.7. The summed E-state index contributed by atoms with van der Waals surface area (Å²) >= 11 is 0. The highest BCUT2D eigenvalue weighted by Gasteiger charge is 2.23. The van der Waals surface area contributed by atoms with Crippen molar-refractivity contribution in [3.8, 4) is 0 Å². The van der Waals surface area contributed by atoms with Crippen molar-refractivity contribution in [2.45, 2.75) is 44.6 Å². The van der Waals surface area contributed by atoms with E-state index in [9.17, 15) is 17.6 Å². The average molecular weight is 322 g/mol. The Balaban J connectivity index is 3.28. The van der Waals surface area contributed by atoms with Gasteiger partial charge in [-0.05, 0) is 39.3 Å². The second-order valence-electron chi connectivity index (χ2n) is 5.21. The first-order valence-electron chi connectivity index (χ1n) is 6.05. The third kappa shape index (κ3) is 3.93. The van der Waals surface area contributed by atoms with E-state index in [2.05, 4.69) is 5.32 Å². The Morgan fingerprint density at radius 2 is 1.95 bits per heavy atom. The summed E-state index contributed by atoms with van der Waals surface area (Å²) < 4.78 is 36.5. The van der Waals surface area contributed by atoms with Gasteiger partial charge in [0.15, 0.2) is 0 Å². The number of hydrogen-bond acceptors (Lipinski definition) is 3. The Labute approximate surface area is 122 Å². The molecule has 0 spiro atoms. The lowest BCUT2D eigenvalue weighted by atomic mass is 10.0. The fourth-order valence-electron chi connectivity index (χ4n) is 1.51. The molecule has 1 aromatic carbocycles. The number of amides is 1. The maximum absolute atomic E-state index is 13.7. The van der Waals surface area contributed by atoms with E-state index >= 15 is 0 Å². The molecular formula is C13H17ClFNO3S. The van der Waals surface area contributed by atoms with Crippen molar-refractivity contribution in [1.29, 1.82) is 0 Å². The van der Waals surface area contributed by atoms with Gasteiger partial charge >= 0.3 is 0 Å². The lowest BCUT2D eigenvalue weighted by molar-refractivity contribution is 0.0910. The molecule has 0 aliphatic heterocycles. The molecule has 1 amide bonds. The third-order valence-corrected chi connectivity index (χ3v) is 4.61. The van der Waals surface area contributed by atoms with E-state index < -0.39 is 31.2 Å². The van der Waals surface area contributed by atoms with Crippen molar-refractivity contribution in [3.63, 3.8) is 0 Å². The van der Waals surface area contributed by atoms with Gasteiger partial charge in [-0.1, -0.05) is 6.92 Å². The van der Waals surface area contributed by atoms with Crippen molar-refractivity contribution in [2.75, 3.05) is 0 Å². The Kier molecular flexibility index (Phi) is 4.82. The van der Waals surface area contributed by atoms with Crippen molar-refractivity contribution < 1.29 is 17.6 Å². The minimum Gasteiger partial charge on any atom is -0.347 e. The predicted molar refractivity (Wildman–Crippen MR) is 76.0 cm³/mol. The van der Waals surface area contributed by atoms with Crippen LogP contribution in [0.2, 0.25) is 0 Å². The van der Waals surface area contributed by atoms with Crippen LogP contribution >= 0.6 is 10.7 Å². The quantitative estimate of drug-likeness (QED) is 0.867. The highest BCUT2D eigenvalue weighted by molar-refractivity contribution is 8.13. The first-order valence-corrected chi connectivity index (χ1v) is 8.36. The van der Waals surface area contributed by atoms with Crippen LogP contribution in [0, 0.1) is 12.7 Å². The zero-order valence-corrected chi connectivity index (χ0v) is 13.3. The van der Waals surface area contributed by atoms with Crippen LogP contribution in [0.5, 0.6) is 0 Å². The van der Waals surface area contributed by atoms with Crippen molar-refractivity contribution in [1.82, 2.24) is 5.32 Å². The van der Waals surface area contributed by atoms with Crippen LogP contribution < -0.4 is 5.32 Å². The maximum Gasteiger partial charge on any atom is 0.261 e. The molecule has 0 fully saturated rings. The molecule has 0 radical (unpaired) electrons. The molecule has 0 bridgehead atoms. The molecule has 0 atom stereocenters. The molecule has 7 heteroatoms. The van der Waals surface area contributed by atoms with Gasteiger partial charge in [0.2, 0.25) is 0 Å². The summed E-state index contributed by atoms with van der Waals surface area (Å²) in [5.74, 6) is -1.33. The summed E-state index contributed by atoms with van der Waals surface area (Å²) in [5, 5.41) is 2.70. The van der Waals surface area contributed by atoms with Crippen LogP contribution in [0.25, 0.3) is 0 Å². The molecule has 112 valence electrons. The number of rotatable bonds is 4. The summed E-state index contributed by atoms with van der Waals surface area (Å²) in [7, 11) is 1.14. The molecule has 0 saturated carbocycles. The number of benzene rings is 1. The average Bonchev–Trinajstić information content (AvgIpc) is 2.30. The second-order valence-corrected chi connectivity index (χ2v) is 7.74. The van der Waals surface area contributed by atoms with E-state index in [-0.39, 0.29) is 11.1 Å². The standard InChI is InChI=1S/C13H17ClFNO3S/c1-5-13(3,4)16-12(17)9-6-10(15)8(2)11(7-9)20(14,18)19/h6-7H,5H2,1-4H3,(H,16,17). The highest BCUT2D eigenvalue weighted by Crippen LogP contribution is 2.24. The van der Waals surface area contributed by atoms with Crippen LogP contribution in [0.1, 0.15) is 43.1 Å². The lowest BCUT2D eigenvalue weighted by Crippen LogP contribution is -2.42. The molecule has 4 nitrogen and oxygen atoms in total. The van der Waals surface area contributed by atoms with Gasteiger partial charge in [-0.15, -0.1) is 0 Å². The van der Waals surface area contributed by atoms with E-state index in [0.717, 1.165) is 12.1 Å². The zero-order valence-electron chi connectivity index (χ0n) is 11.8. The van der Waals surface area contributed by atoms with Gasteiger partial charge < -0.3 is 5.32 Å². The number of halogens is 2. The van der Waals surface area contributed by atoms with Gasteiger partial charge in [0.05, 0.1) is 4.90 Å². The zero-order chi connectivity index (χ0) is 15.7. The van der Waals surface area contributed by atoms with Crippen molar-refractivity contribution >= 4 is 25.6 Å². The third-order valence-electron chi connectivity index (χ3n) is 3.16. The Morgan fingerprint density at radius 3 is 2.40 bits per heavy atom. The fraction of sp³-hybridized carbons (Fsp3) is 0.462. The van der Waals surface area contributed by atoms with Crippen molar-refractivity contribution in [2.24, 2.45) is 0 Å². The number of carbonyl (C=O) groups excluding carboxylic acids is 1. The normalized spacial score (nSPS) is 12.3. The summed E-state index contributed by atoms with van der Waals surface area (Å²) in [4.78, 5) is 11.7. The van der Waals surface area contributed by atoms with E-state index in [1.54, 1.807) is 0 Å². The van der Waals surface area contributed by atoms with Gasteiger partial charge in [-0.3, -0.25) is 4.79 Å². The predicted octanol–water partition coefficient (Wildman–Crippen LogP) is 2.98. The van der Waals surface area contributed by atoms with Crippen LogP contribution in [-0.2, 0) is 9.05 Å². The number of carbonyl (C=O) groups is 1. The minimum absolute atomic E-state index is 0.0751. The molecule has 1 rings (SSSR count). The van der Waals surface area contributed by atoms with Gasteiger partial charge in [0, 0.05) is 27.3 Å². The topological polar surface area (TPSA) is 63.2 Å². The molecule has 0 aliphatic carbocycles. The number of nitrogens with one attached hydrogen (secondary N) is 1. The monoisotopic (exact) mass is 321 g/mol. The first kappa shape index (κ1) is 16.9. The number of hydrogen-bond donors (Lipinski definition) is 1. The van der Waals surface area contributed by atoms with Crippen LogP contribution in [-0.4, -0.2) is 19.9 Å². The lowest BCUT2D eigenvalue weighted by Gasteiger charge is -2.24. The van der Waals surface area contributed by atoms with E-state index in [0.29, 0.717) is 6.42 Å². The first-order chi connectivity index (χ1) is 8.98. The van der Waals surface area contributed by atoms with Crippen LogP contribution in [0.3, 0.4) is 0 Å². The molecule has 20 heavy (non-hydrogen) atoms. The Hall–Kier alpha value is -1.14. The SMILES string of the molecule is CCC(C)(C)NC(=O)c1cc(F)c(C)c(S(=O)(=O)Cl)c1. The molecule has 0 unspecified atom stereocenters. The van der Waals surface area contributed by atoms with E-state index in [1.165, 1.54) is 6.92 Å². The second kappa shape index (κ2) is 5.69. The molecule has 1 aromatic rings. The summed E-state index contributed by atoms with van der Waals surface area (Å²) in [5.41, 5.74) is -0.654. The van der Waals surface area contributed by atoms with Gasteiger partial charge in [-0.2, -0.15) is 0 Å². The van der Waals surface area contributed by atoms with E-state index in [4.69, 9.17) is 10.7 Å². The smallest absolute Gasteiger partial charge is 0.261 e. The fourth-order valence-corrected chi connectivity index (χ4v) is 2.72. The van der Waals surface area contributed by atoms with Gasteiger partial charge in [0.1, 0.15) is 5.82 Å². The highest BCUT2D eigenvalue weighted by atomic mass is 35.7. The molecular weight excluding hydrogens is 305 g/mol. The Morgan fingerprint density at radius 1 is 1.40 bits per heavy atom. The van der Waals surface area contributed by atoms with Crippen LogP contribution in [0.15, 0.2) is 17.0 Å². The summed E-state index contributed by atoms with van der Waals surface area (Å²) in [6.07, 6.45) is 0.674. The molecule has 0 aliphatic rings.